The molecule has 0 atom stereocenters. The summed E-state index contributed by atoms with van der Waals surface area (Å²) in [6, 6.07) is 0. The smallest absolute Gasteiger partial charge is 0.0244 e. The van der Waals surface area contributed by atoms with E-state index >= 15 is 0 Å². The Labute approximate surface area is 86.4 Å². The molecule has 0 aliphatic heterocycles. The highest BCUT2D eigenvalue weighted by atomic mass is 15.1. The van der Waals surface area contributed by atoms with Crippen molar-refractivity contribution in [3.63, 3.8) is 0 Å². The topological polar surface area (TPSA) is 29.3 Å². The van der Waals surface area contributed by atoms with Gasteiger partial charge in [0.15, 0.2) is 0 Å². The molecule has 0 spiro atoms. The van der Waals surface area contributed by atoms with Gasteiger partial charge in [0.2, 0.25) is 0 Å². The van der Waals surface area contributed by atoms with Gasteiger partial charge in [-0.25, -0.2) is 0 Å². The zero-order chi connectivity index (χ0) is 10.6. The summed E-state index contributed by atoms with van der Waals surface area (Å²) in [6.45, 7) is 10.2. The molecule has 76 valence electrons. The van der Waals surface area contributed by atoms with Gasteiger partial charge in [0, 0.05) is 26.2 Å². The van der Waals surface area contributed by atoms with Crippen LogP contribution in [-0.4, -0.2) is 31.1 Å². The third-order valence-corrected chi connectivity index (χ3v) is 1.65. The van der Waals surface area contributed by atoms with Crippen LogP contribution in [0.25, 0.3) is 0 Å². The van der Waals surface area contributed by atoms with Crippen molar-refractivity contribution in [2.24, 2.45) is 5.73 Å². The van der Waals surface area contributed by atoms with Gasteiger partial charge in [-0.15, -0.1) is 11.5 Å². The third kappa shape index (κ3) is 7.35. The van der Waals surface area contributed by atoms with Crippen molar-refractivity contribution < 1.29 is 0 Å². The first-order valence-corrected chi connectivity index (χ1v) is 4.61. The van der Waals surface area contributed by atoms with E-state index in [-0.39, 0.29) is 0 Å². The lowest BCUT2D eigenvalue weighted by Gasteiger charge is -2.15. The van der Waals surface area contributed by atoms with Crippen molar-refractivity contribution in [3.05, 3.63) is 48.9 Å². The molecule has 0 aromatic rings. The summed E-state index contributed by atoms with van der Waals surface area (Å²) in [5.74, 6) is 0. The molecule has 14 heavy (non-hydrogen) atoms. The third-order valence-electron chi connectivity index (χ3n) is 1.65. The standard InChI is InChI=1S/C12H18N2/c1-3-5-10-14(11-6-4-2)12-8-7-9-13/h5-8H,1-2,9-13H2/b8-7+. The molecule has 0 saturated carbocycles. The number of hydrogen-bond donors (Lipinski definition) is 1. The molecule has 0 unspecified atom stereocenters. The molecule has 0 aromatic carbocycles. The van der Waals surface area contributed by atoms with E-state index in [0.29, 0.717) is 6.54 Å². The highest BCUT2D eigenvalue weighted by Gasteiger charge is 1.96. The fourth-order valence-corrected chi connectivity index (χ4v) is 0.931. The van der Waals surface area contributed by atoms with E-state index in [1.54, 1.807) is 0 Å². The van der Waals surface area contributed by atoms with E-state index in [2.05, 4.69) is 29.5 Å². The monoisotopic (exact) mass is 190 g/mol. The maximum absolute atomic E-state index is 5.35. The molecule has 0 fully saturated rings. The summed E-state index contributed by atoms with van der Waals surface area (Å²) < 4.78 is 0. The Morgan fingerprint density at radius 3 is 2.00 bits per heavy atom. The van der Waals surface area contributed by atoms with Crippen LogP contribution in [-0.2, 0) is 0 Å². The van der Waals surface area contributed by atoms with E-state index in [4.69, 9.17) is 5.73 Å². The number of nitrogens with two attached hydrogens (primary N) is 1. The summed E-state index contributed by atoms with van der Waals surface area (Å²) >= 11 is 0. The SMILES string of the molecule is C=C=CCN(CC=C=C)C/C=C/CN. The van der Waals surface area contributed by atoms with Crippen LogP contribution in [0.1, 0.15) is 0 Å². The lowest BCUT2D eigenvalue weighted by atomic mass is 10.4. The Balaban J connectivity index is 4.01. The van der Waals surface area contributed by atoms with Crippen molar-refractivity contribution in [2.45, 2.75) is 0 Å². The summed E-state index contributed by atoms with van der Waals surface area (Å²) in [5.41, 5.74) is 10.8. The van der Waals surface area contributed by atoms with Gasteiger partial charge in [-0.3, -0.25) is 4.90 Å². The van der Waals surface area contributed by atoms with Gasteiger partial charge < -0.3 is 5.73 Å². The second kappa shape index (κ2) is 9.79. The zero-order valence-corrected chi connectivity index (χ0v) is 8.58. The van der Waals surface area contributed by atoms with E-state index in [1.165, 1.54) is 0 Å². The molecule has 0 amide bonds. The Bertz CT molecular complexity index is 233. The van der Waals surface area contributed by atoms with E-state index in [1.807, 2.05) is 24.3 Å². The Hall–Kier alpha value is -1.30. The van der Waals surface area contributed by atoms with Gasteiger partial charge in [-0.05, 0) is 12.2 Å². The van der Waals surface area contributed by atoms with Crippen molar-refractivity contribution in [2.75, 3.05) is 26.2 Å². The maximum Gasteiger partial charge on any atom is 0.0244 e. The molecule has 0 heterocycles. The summed E-state index contributed by atoms with van der Waals surface area (Å²) in [4.78, 5) is 2.20. The van der Waals surface area contributed by atoms with Gasteiger partial charge in [0.1, 0.15) is 0 Å². The highest BCUT2D eigenvalue weighted by molar-refractivity contribution is 4.91. The van der Waals surface area contributed by atoms with Gasteiger partial charge in [0.05, 0.1) is 0 Å². The summed E-state index contributed by atoms with van der Waals surface area (Å²) in [7, 11) is 0. The van der Waals surface area contributed by atoms with Crippen LogP contribution in [0.15, 0.2) is 48.9 Å². The zero-order valence-electron chi connectivity index (χ0n) is 8.58. The first-order chi connectivity index (χ1) is 6.85. The van der Waals surface area contributed by atoms with Gasteiger partial charge in [0.25, 0.3) is 0 Å². The lowest BCUT2D eigenvalue weighted by Crippen LogP contribution is -2.24. The number of hydrogen-bond acceptors (Lipinski definition) is 2. The minimum atomic E-state index is 0.586. The van der Waals surface area contributed by atoms with Crippen LogP contribution in [0.2, 0.25) is 0 Å². The van der Waals surface area contributed by atoms with E-state index in [9.17, 15) is 0 Å². The molecule has 0 rings (SSSR count). The Morgan fingerprint density at radius 2 is 1.57 bits per heavy atom. The largest absolute Gasteiger partial charge is 0.327 e. The first kappa shape index (κ1) is 12.7. The van der Waals surface area contributed by atoms with Crippen LogP contribution in [0, 0.1) is 0 Å². The van der Waals surface area contributed by atoms with Crippen molar-refractivity contribution in [3.8, 4) is 0 Å². The normalized spacial score (nSPS) is 9.86. The molecule has 0 aromatic heterocycles. The molecule has 0 saturated heterocycles. The Morgan fingerprint density at radius 1 is 1.00 bits per heavy atom. The predicted octanol–water partition coefficient (Wildman–Crippen LogP) is 1.49. The van der Waals surface area contributed by atoms with Crippen LogP contribution in [0.3, 0.4) is 0 Å². The van der Waals surface area contributed by atoms with Gasteiger partial charge in [-0.2, -0.15) is 0 Å². The number of rotatable bonds is 7. The molecule has 2 nitrogen and oxygen atoms in total. The van der Waals surface area contributed by atoms with Crippen LogP contribution >= 0.6 is 0 Å². The van der Waals surface area contributed by atoms with Crippen molar-refractivity contribution in [1.29, 1.82) is 0 Å². The quantitative estimate of drug-likeness (QED) is 0.487. The lowest BCUT2D eigenvalue weighted by molar-refractivity contribution is 0.372. The van der Waals surface area contributed by atoms with Gasteiger partial charge in [-0.1, -0.05) is 25.3 Å². The van der Waals surface area contributed by atoms with E-state index < -0.39 is 0 Å². The van der Waals surface area contributed by atoms with Gasteiger partial charge >= 0.3 is 0 Å². The summed E-state index contributed by atoms with van der Waals surface area (Å²) in [6.07, 6.45) is 7.79. The number of nitrogens with zero attached hydrogens (tertiary/aromatic N) is 1. The molecule has 0 aliphatic rings. The highest BCUT2D eigenvalue weighted by Crippen LogP contribution is 1.90. The summed E-state index contributed by atoms with van der Waals surface area (Å²) in [5, 5.41) is 0. The van der Waals surface area contributed by atoms with E-state index in [0.717, 1.165) is 19.6 Å². The fraction of sp³-hybridized carbons (Fsp3) is 0.333. The molecular formula is C12H18N2. The van der Waals surface area contributed by atoms with Crippen LogP contribution in [0.5, 0.6) is 0 Å². The van der Waals surface area contributed by atoms with Crippen LogP contribution in [0.4, 0.5) is 0 Å². The molecular weight excluding hydrogens is 172 g/mol. The molecule has 2 N–H and O–H groups in total. The van der Waals surface area contributed by atoms with Crippen LogP contribution < -0.4 is 5.73 Å². The molecule has 0 bridgehead atoms. The second-order valence-electron chi connectivity index (χ2n) is 2.74. The first-order valence-electron chi connectivity index (χ1n) is 4.61. The molecule has 2 heteroatoms. The second-order valence-corrected chi connectivity index (χ2v) is 2.74. The van der Waals surface area contributed by atoms with Crippen molar-refractivity contribution in [1.82, 2.24) is 4.90 Å². The predicted molar refractivity (Wildman–Crippen MR) is 62.1 cm³/mol. The molecule has 0 radical (unpaired) electrons. The Kier molecular flexibility index (Phi) is 8.88. The maximum atomic E-state index is 5.35. The van der Waals surface area contributed by atoms with Crippen molar-refractivity contribution >= 4 is 0 Å². The molecule has 0 aliphatic carbocycles. The fourth-order valence-electron chi connectivity index (χ4n) is 0.931. The average Bonchev–Trinajstić information content (AvgIpc) is 2.21. The average molecular weight is 190 g/mol. The minimum Gasteiger partial charge on any atom is -0.327 e. The minimum absolute atomic E-state index is 0.586.